The van der Waals surface area contributed by atoms with E-state index in [1.807, 2.05) is 0 Å². The molecular formula is C3H3N13. The first-order valence-electron chi connectivity index (χ1n) is 4.12. The molecule has 0 atom stereocenters. The molecule has 3 rings (SSSR count). The van der Waals surface area contributed by atoms with Crippen molar-refractivity contribution in [3.8, 4) is 0 Å². The molecule has 0 aliphatic carbocycles. The summed E-state index contributed by atoms with van der Waals surface area (Å²) in [5.41, 5.74) is 0. The first-order chi connectivity index (χ1) is 7.95. The summed E-state index contributed by atoms with van der Waals surface area (Å²) in [6.45, 7) is 0. The van der Waals surface area contributed by atoms with Gasteiger partial charge in [-0.3, -0.25) is 0 Å². The molecule has 3 heterocycles. The summed E-state index contributed by atoms with van der Waals surface area (Å²) in [6.07, 6.45) is -2.16. The van der Waals surface area contributed by atoms with Crippen LogP contribution in [0.2, 0.25) is 0 Å². The van der Waals surface area contributed by atoms with E-state index in [-0.39, 0.29) is 0 Å². The quantitative estimate of drug-likeness (QED) is 0.698. The van der Waals surface area contributed by atoms with Crippen molar-refractivity contribution in [3.63, 3.8) is 0 Å². The molecule has 0 unspecified atom stereocenters. The van der Waals surface area contributed by atoms with Crippen LogP contribution in [0.4, 0.5) is 0 Å². The Morgan fingerprint density at radius 2 is 0.688 bits per heavy atom. The normalized spacial score (nSPS) is 23.8. The molecular weight excluding hydrogens is 218 g/mol. The molecule has 0 saturated heterocycles. The van der Waals surface area contributed by atoms with E-state index in [4.69, 9.17) is 0 Å². The van der Waals surface area contributed by atoms with Crippen molar-refractivity contribution in [2.24, 2.45) is 62.0 Å². The molecule has 0 aromatic heterocycles. The van der Waals surface area contributed by atoms with Gasteiger partial charge in [0, 0.05) is 0 Å². The number of nitrogens with zero attached hydrogens (tertiary/aromatic N) is 13. The molecule has 0 saturated carbocycles. The Morgan fingerprint density at radius 1 is 0.438 bits per heavy atom. The van der Waals surface area contributed by atoms with Gasteiger partial charge in [0.25, 0.3) is 0 Å². The van der Waals surface area contributed by atoms with Crippen LogP contribution in [0.3, 0.4) is 0 Å². The summed E-state index contributed by atoms with van der Waals surface area (Å²) in [7, 11) is 0. The van der Waals surface area contributed by atoms with E-state index in [1.54, 1.807) is 0 Å². The third-order valence-corrected chi connectivity index (χ3v) is 1.85. The van der Waals surface area contributed by atoms with Crippen LogP contribution in [0, 0.1) is 0 Å². The lowest BCUT2D eigenvalue weighted by molar-refractivity contribution is 0.0962. The van der Waals surface area contributed by atoms with Gasteiger partial charge in [-0.2, -0.15) is 4.90 Å². The zero-order chi connectivity index (χ0) is 10.8. The van der Waals surface area contributed by atoms with Crippen LogP contribution >= 0.6 is 0 Å². The van der Waals surface area contributed by atoms with Crippen molar-refractivity contribution in [1.82, 2.24) is 4.90 Å². The number of hydrogen-bond donors (Lipinski definition) is 0. The Labute approximate surface area is 86.8 Å². The fourth-order valence-electron chi connectivity index (χ4n) is 1.20. The first kappa shape index (κ1) is 8.84. The average molecular weight is 221 g/mol. The van der Waals surface area contributed by atoms with Crippen molar-refractivity contribution in [1.29, 1.82) is 0 Å². The maximum absolute atomic E-state index is 3.74. The van der Waals surface area contributed by atoms with Gasteiger partial charge in [0.1, 0.15) is 0 Å². The van der Waals surface area contributed by atoms with Gasteiger partial charge in [0.15, 0.2) is 0 Å². The summed E-state index contributed by atoms with van der Waals surface area (Å²) < 4.78 is 0. The molecule has 0 N–H and O–H groups in total. The highest BCUT2D eigenvalue weighted by molar-refractivity contribution is 4.78. The van der Waals surface area contributed by atoms with Crippen LogP contribution < -0.4 is 0 Å². The van der Waals surface area contributed by atoms with E-state index in [2.05, 4.69) is 62.0 Å². The minimum absolute atomic E-state index is 0.720. The van der Waals surface area contributed by atoms with Gasteiger partial charge in [-0.1, -0.05) is 0 Å². The molecule has 16 heavy (non-hydrogen) atoms. The van der Waals surface area contributed by atoms with Crippen LogP contribution in [0.1, 0.15) is 0 Å². The highest BCUT2D eigenvalue weighted by Gasteiger charge is 2.38. The highest BCUT2D eigenvalue weighted by Crippen LogP contribution is 2.25. The zero-order valence-corrected chi connectivity index (χ0v) is 7.55. The SMILES string of the molecule is N1=NC(N(C2N=NN=N2)C2N=NN=N2)N=N1. The molecule has 13 nitrogen and oxygen atoms in total. The molecule has 0 fully saturated rings. The Morgan fingerprint density at radius 3 is 0.938 bits per heavy atom. The van der Waals surface area contributed by atoms with Crippen molar-refractivity contribution in [2.45, 2.75) is 18.9 Å². The second-order valence-electron chi connectivity index (χ2n) is 2.72. The Hall–Kier alpha value is -2.44. The largest absolute Gasteiger partial charge is 0.246 e. The lowest BCUT2D eigenvalue weighted by Gasteiger charge is -2.23. The molecule has 3 aliphatic rings. The van der Waals surface area contributed by atoms with Crippen LogP contribution in [0.15, 0.2) is 62.0 Å². The van der Waals surface area contributed by atoms with Crippen LogP contribution in [0.25, 0.3) is 0 Å². The summed E-state index contributed by atoms with van der Waals surface area (Å²) in [5, 5.41) is 42.7. The van der Waals surface area contributed by atoms with Gasteiger partial charge >= 0.3 is 0 Å². The summed E-state index contributed by atoms with van der Waals surface area (Å²) in [6, 6.07) is 0. The Balaban J connectivity index is 1.87. The van der Waals surface area contributed by atoms with Gasteiger partial charge < -0.3 is 0 Å². The highest BCUT2D eigenvalue weighted by atomic mass is 15.7. The minimum atomic E-state index is -0.720. The summed E-state index contributed by atoms with van der Waals surface area (Å²) in [5.74, 6) is 0. The molecule has 80 valence electrons. The van der Waals surface area contributed by atoms with Crippen molar-refractivity contribution < 1.29 is 0 Å². The van der Waals surface area contributed by atoms with Gasteiger partial charge in [0.05, 0.1) is 0 Å². The smallest absolute Gasteiger partial charge is 0.170 e. The molecule has 0 aromatic rings. The first-order valence-corrected chi connectivity index (χ1v) is 4.12. The van der Waals surface area contributed by atoms with E-state index in [0.717, 1.165) is 0 Å². The average Bonchev–Trinajstić information content (AvgIpc) is 3.02. The lowest BCUT2D eigenvalue weighted by Crippen LogP contribution is -2.43. The minimum Gasteiger partial charge on any atom is -0.170 e. The van der Waals surface area contributed by atoms with Crippen molar-refractivity contribution in [3.05, 3.63) is 0 Å². The maximum atomic E-state index is 3.74. The van der Waals surface area contributed by atoms with E-state index in [9.17, 15) is 0 Å². The predicted molar refractivity (Wildman–Crippen MR) is 42.3 cm³/mol. The number of hydrogen-bond acceptors (Lipinski definition) is 13. The Bertz CT molecular complexity index is 338. The standard InChI is InChI=1S/C3H3N13/c4-1(5-11-10-4)16(2-6-12-13-7-2)3-8-14-15-9-3/h1-3H. The second kappa shape index (κ2) is 3.61. The molecule has 13 heteroatoms. The van der Waals surface area contributed by atoms with Crippen LogP contribution in [-0.2, 0) is 0 Å². The van der Waals surface area contributed by atoms with Crippen LogP contribution in [0.5, 0.6) is 0 Å². The molecule has 0 spiro atoms. The fourth-order valence-corrected chi connectivity index (χ4v) is 1.20. The van der Waals surface area contributed by atoms with E-state index < -0.39 is 18.9 Å². The topological polar surface area (TPSA) is 152 Å². The van der Waals surface area contributed by atoms with Gasteiger partial charge in [-0.25, -0.2) is 0 Å². The lowest BCUT2D eigenvalue weighted by atomic mass is 10.5. The summed E-state index contributed by atoms with van der Waals surface area (Å²) in [4.78, 5) is 1.46. The van der Waals surface area contributed by atoms with E-state index >= 15 is 0 Å². The molecule has 3 aliphatic heterocycles. The van der Waals surface area contributed by atoms with Crippen molar-refractivity contribution in [2.75, 3.05) is 0 Å². The summed E-state index contributed by atoms with van der Waals surface area (Å²) >= 11 is 0. The monoisotopic (exact) mass is 221 g/mol. The second-order valence-corrected chi connectivity index (χ2v) is 2.72. The van der Waals surface area contributed by atoms with E-state index in [1.165, 1.54) is 4.90 Å². The van der Waals surface area contributed by atoms with Gasteiger partial charge in [-0.15, -0.1) is 30.7 Å². The Kier molecular flexibility index (Phi) is 1.99. The predicted octanol–water partition coefficient (Wildman–Crippen LogP) is 1.64. The third-order valence-electron chi connectivity index (χ3n) is 1.85. The van der Waals surface area contributed by atoms with Gasteiger partial charge in [0.2, 0.25) is 18.9 Å². The molecule has 0 amide bonds. The van der Waals surface area contributed by atoms with Crippen molar-refractivity contribution >= 4 is 0 Å². The van der Waals surface area contributed by atoms with E-state index in [0.29, 0.717) is 0 Å². The number of rotatable bonds is 3. The third kappa shape index (κ3) is 1.38. The maximum Gasteiger partial charge on any atom is 0.246 e. The fraction of sp³-hybridized carbons (Fsp3) is 1.00. The van der Waals surface area contributed by atoms with Crippen LogP contribution in [-0.4, -0.2) is 23.8 Å². The zero-order valence-electron chi connectivity index (χ0n) is 7.55. The molecule has 0 bridgehead atoms. The molecule has 0 aromatic carbocycles. The molecule has 0 radical (unpaired) electrons. The van der Waals surface area contributed by atoms with Gasteiger partial charge in [-0.05, 0) is 31.3 Å².